The van der Waals surface area contributed by atoms with Gasteiger partial charge in [-0.15, -0.1) is 0 Å². The van der Waals surface area contributed by atoms with E-state index in [2.05, 4.69) is 5.32 Å². The van der Waals surface area contributed by atoms with E-state index in [9.17, 15) is 23.6 Å². The van der Waals surface area contributed by atoms with Crippen molar-refractivity contribution in [1.29, 1.82) is 0 Å². The van der Waals surface area contributed by atoms with Crippen LogP contribution in [0.5, 0.6) is 0 Å². The van der Waals surface area contributed by atoms with Crippen LogP contribution < -0.4 is 15.1 Å². The topological polar surface area (TPSA) is 88.5 Å². The lowest BCUT2D eigenvalue weighted by atomic mass is 9.83. The number of thioether (sulfide) groups is 1. The number of fused-ring (bicyclic) bond motifs is 2. The number of carbonyl (C=O) groups is 3. The number of thiazole rings is 1. The summed E-state index contributed by atoms with van der Waals surface area (Å²) < 4.78 is 15.2. The van der Waals surface area contributed by atoms with Gasteiger partial charge in [-0.25, -0.2) is 9.29 Å². The molecular formula is C28H19ClFN3O4S2. The number of amides is 3. The highest BCUT2D eigenvalue weighted by Gasteiger charge is 2.56. The lowest BCUT2D eigenvalue weighted by Gasteiger charge is -2.30. The number of benzene rings is 3. The van der Waals surface area contributed by atoms with Gasteiger partial charge in [0.2, 0.25) is 17.7 Å². The highest BCUT2D eigenvalue weighted by molar-refractivity contribution is 8.00. The molecule has 1 fully saturated rings. The molecule has 0 aliphatic carbocycles. The van der Waals surface area contributed by atoms with Gasteiger partial charge in [0.25, 0.3) is 0 Å². The third-order valence-corrected chi connectivity index (χ3v) is 9.58. The minimum Gasteiger partial charge on any atom is -0.325 e. The Labute approximate surface area is 235 Å². The van der Waals surface area contributed by atoms with E-state index in [-0.39, 0.29) is 11.4 Å². The molecule has 7 nitrogen and oxygen atoms in total. The van der Waals surface area contributed by atoms with E-state index >= 15 is 0 Å². The number of hydrogen-bond donors (Lipinski definition) is 1. The zero-order valence-corrected chi connectivity index (χ0v) is 22.4. The third-order valence-electron chi connectivity index (χ3n) is 6.72. The SMILES string of the molecule is O=C(Cn1c2c(sc1=O)[C@@H](c1ccc(F)cc1)[C@@H]1C(=O)N(c3ccc(Cl)cc3)C(=O)[C@@H]1S2)Nc1ccccc1. The van der Waals surface area contributed by atoms with E-state index in [1.807, 2.05) is 6.07 Å². The first-order valence-corrected chi connectivity index (χ1v) is 14.0. The van der Waals surface area contributed by atoms with Crippen molar-refractivity contribution in [2.75, 3.05) is 10.2 Å². The maximum absolute atomic E-state index is 13.8. The fourth-order valence-corrected chi connectivity index (χ4v) is 7.89. The zero-order valence-electron chi connectivity index (χ0n) is 20.0. The lowest BCUT2D eigenvalue weighted by molar-refractivity contribution is -0.122. The van der Waals surface area contributed by atoms with Crippen LogP contribution in [0.3, 0.4) is 0 Å². The van der Waals surface area contributed by atoms with E-state index in [4.69, 9.17) is 11.6 Å². The minimum absolute atomic E-state index is 0.261. The Morgan fingerprint density at radius 1 is 0.923 bits per heavy atom. The van der Waals surface area contributed by atoms with Crippen molar-refractivity contribution in [2.24, 2.45) is 5.92 Å². The van der Waals surface area contributed by atoms with Gasteiger partial charge < -0.3 is 5.32 Å². The average molecular weight is 580 g/mol. The van der Waals surface area contributed by atoms with Gasteiger partial charge in [0.15, 0.2) is 0 Å². The second kappa shape index (κ2) is 10.1. The maximum Gasteiger partial charge on any atom is 0.308 e. The van der Waals surface area contributed by atoms with Crippen LogP contribution >= 0.6 is 34.7 Å². The summed E-state index contributed by atoms with van der Waals surface area (Å²) in [7, 11) is 0. The summed E-state index contributed by atoms with van der Waals surface area (Å²) in [6.07, 6.45) is 0. The molecule has 3 heterocycles. The predicted octanol–water partition coefficient (Wildman–Crippen LogP) is 5.14. The third kappa shape index (κ3) is 4.58. The second-order valence-electron chi connectivity index (χ2n) is 9.12. The first-order chi connectivity index (χ1) is 18.8. The van der Waals surface area contributed by atoms with Gasteiger partial charge in [-0.3, -0.25) is 23.7 Å². The van der Waals surface area contributed by atoms with Crippen LogP contribution in [-0.2, 0) is 20.9 Å². The first-order valence-electron chi connectivity index (χ1n) is 12.0. The summed E-state index contributed by atoms with van der Waals surface area (Å²) in [6.45, 7) is -0.261. The molecule has 39 heavy (non-hydrogen) atoms. The van der Waals surface area contributed by atoms with Crippen molar-refractivity contribution < 1.29 is 18.8 Å². The fraction of sp³-hybridized carbons (Fsp3) is 0.143. The van der Waals surface area contributed by atoms with Crippen LogP contribution in [-0.4, -0.2) is 27.5 Å². The molecule has 0 bridgehead atoms. The molecule has 0 spiro atoms. The van der Waals surface area contributed by atoms with Gasteiger partial charge in [0.1, 0.15) is 17.6 Å². The molecule has 3 amide bonds. The van der Waals surface area contributed by atoms with Crippen LogP contribution in [0, 0.1) is 11.7 Å². The highest BCUT2D eigenvalue weighted by Crippen LogP contribution is 2.53. The quantitative estimate of drug-likeness (QED) is 0.331. The number of rotatable bonds is 5. The summed E-state index contributed by atoms with van der Waals surface area (Å²) in [5, 5.41) is 2.86. The number of imide groups is 1. The molecular weight excluding hydrogens is 561 g/mol. The van der Waals surface area contributed by atoms with Crippen LogP contribution in [0.15, 0.2) is 88.7 Å². The van der Waals surface area contributed by atoms with Gasteiger partial charge >= 0.3 is 4.87 Å². The van der Waals surface area contributed by atoms with Crippen LogP contribution in [0.2, 0.25) is 5.02 Å². The maximum atomic E-state index is 13.8. The number of hydrogen-bond acceptors (Lipinski definition) is 6. The highest BCUT2D eigenvalue weighted by atomic mass is 35.5. The van der Waals surface area contributed by atoms with Gasteiger partial charge in [-0.05, 0) is 54.1 Å². The molecule has 196 valence electrons. The Morgan fingerprint density at radius 2 is 1.62 bits per heavy atom. The molecule has 0 radical (unpaired) electrons. The van der Waals surface area contributed by atoms with Crippen molar-refractivity contribution in [3.8, 4) is 0 Å². The summed E-state index contributed by atoms with van der Waals surface area (Å²) in [4.78, 5) is 54.9. The molecule has 2 aliphatic rings. The van der Waals surface area contributed by atoms with Crippen molar-refractivity contribution in [1.82, 2.24) is 4.57 Å². The Bertz CT molecular complexity index is 1660. The molecule has 0 saturated carbocycles. The van der Waals surface area contributed by atoms with Crippen LogP contribution in [0.25, 0.3) is 0 Å². The van der Waals surface area contributed by atoms with Crippen LogP contribution in [0.4, 0.5) is 15.8 Å². The lowest BCUT2D eigenvalue weighted by Crippen LogP contribution is -2.33. The van der Waals surface area contributed by atoms with E-state index < -0.39 is 40.6 Å². The molecule has 1 N–H and O–H groups in total. The van der Waals surface area contributed by atoms with Gasteiger partial charge in [-0.2, -0.15) is 0 Å². The predicted molar refractivity (Wildman–Crippen MR) is 149 cm³/mol. The molecule has 1 aromatic heterocycles. The molecule has 2 aliphatic heterocycles. The van der Waals surface area contributed by atoms with E-state index in [0.717, 1.165) is 28.0 Å². The van der Waals surface area contributed by atoms with E-state index in [0.29, 0.717) is 31.9 Å². The number of nitrogens with zero attached hydrogens (tertiary/aromatic N) is 2. The second-order valence-corrected chi connectivity index (χ2v) is 11.7. The number of para-hydroxylation sites is 1. The van der Waals surface area contributed by atoms with Gasteiger partial charge in [0.05, 0.1) is 16.6 Å². The van der Waals surface area contributed by atoms with Crippen molar-refractivity contribution in [3.63, 3.8) is 0 Å². The molecule has 6 rings (SSSR count). The molecule has 0 unspecified atom stereocenters. The Balaban J connectivity index is 1.42. The van der Waals surface area contributed by atoms with Crippen LogP contribution in [0.1, 0.15) is 16.4 Å². The smallest absolute Gasteiger partial charge is 0.308 e. The Hall–Kier alpha value is -3.73. The summed E-state index contributed by atoms with van der Waals surface area (Å²) in [6, 6.07) is 21.0. The molecule has 3 aromatic carbocycles. The number of nitrogens with one attached hydrogen (secondary N) is 1. The van der Waals surface area contributed by atoms with E-state index in [1.165, 1.54) is 16.7 Å². The minimum atomic E-state index is -0.840. The Kier molecular flexibility index (Phi) is 6.62. The number of anilines is 2. The summed E-state index contributed by atoms with van der Waals surface area (Å²) in [5.41, 5.74) is 1.59. The zero-order chi connectivity index (χ0) is 27.3. The van der Waals surface area contributed by atoms with Crippen molar-refractivity contribution in [2.45, 2.75) is 22.7 Å². The molecule has 11 heteroatoms. The fourth-order valence-electron chi connectivity index (χ4n) is 4.99. The number of carbonyl (C=O) groups excluding carboxylic acids is 3. The van der Waals surface area contributed by atoms with Gasteiger partial charge in [0, 0.05) is 21.5 Å². The largest absolute Gasteiger partial charge is 0.325 e. The van der Waals surface area contributed by atoms with Crippen molar-refractivity contribution in [3.05, 3.63) is 110 Å². The van der Waals surface area contributed by atoms with E-state index in [1.54, 1.807) is 60.7 Å². The molecule has 4 aromatic rings. The first kappa shape index (κ1) is 25.5. The molecule has 3 atom stereocenters. The number of halogens is 2. The number of aromatic nitrogens is 1. The molecule has 1 saturated heterocycles. The van der Waals surface area contributed by atoms with Gasteiger partial charge in [-0.1, -0.05) is 65.0 Å². The average Bonchev–Trinajstić information content (AvgIpc) is 3.36. The monoisotopic (exact) mass is 579 g/mol. The summed E-state index contributed by atoms with van der Waals surface area (Å²) in [5.74, 6) is -3.16. The Morgan fingerprint density at radius 3 is 2.31 bits per heavy atom. The standard InChI is InChI=1S/C28H19ClFN3O4S2/c29-16-8-12-19(13-9-16)33-25(35)22-21(15-6-10-17(30)11-7-15)24-27(38-23(22)26(33)36)32(28(37)39-24)14-20(34)31-18-4-2-1-3-5-18/h1-13,21-23H,14H2,(H,31,34)/t21-,22-,23+/m0/s1. The van der Waals surface area contributed by atoms with Crippen molar-refractivity contribution >= 4 is 63.8 Å². The normalized spacial score (nSPS) is 20.1. The summed E-state index contributed by atoms with van der Waals surface area (Å²) >= 11 is 8.07.